The van der Waals surface area contributed by atoms with E-state index >= 15 is 0 Å². The van der Waals surface area contributed by atoms with E-state index in [1.54, 1.807) is 6.07 Å². The molecule has 22 heavy (non-hydrogen) atoms. The lowest BCUT2D eigenvalue weighted by atomic mass is 10.2. The van der Waals surface area contributed by atoms with Gasteiger partial charge in [0.15, 0.2) is 12.3 Å². The van der Waals surface area contributed by atoms with Gasteiger partial charge in [0.1, 0.15) is 6.54 Å². The first-order chi connectivity index (χ1) is 10.5. The Balaban J connectivity index is 1.74. The Kier molecular flexibility index (Phi) is 5.74. The molecule has 0 bridgehead atoms. The van der Waals surface area contributed by atoms with Gasteiger partial charge in [-0.1, -0.05) is 28.1 Å². The molecule has 1 atom stereocenters. The largest absolute Gasteiger partial charge is 0.459 e. The Hall–Kier alpha value is -2.12. The van der Waals surface area contributed by atoms with Gasteiger partial charge in [-0.2, -0.15) is 0 Å². The molecule has 0 aliphatic rings. The van der Waals surface area contributed by atoms with Crippen LogP contribution in [0, 0.1) is 0 Å². The van der Waals surface area contributed by atoms with E-state index < -0.39 is 5.91 Å². The van der Waals surface area contributed by atoms with E-state index in [0.29, 0.717) is 6.54 Å². The third-order valence-corrected chi connectivity index (χ3v) is 3.47. The van der Waals surface area contributed by atoms with Crippen molar-refractivity contribution < 1.29 is 18.9 Å². The van der Waals surface area contributed by atoms with Crippen molar-refractivity contribution in [3.05, 3.63) is 58.5 Å². The van der Waals surface area contributed by atoms with Crippen molar-refractivity contribution in [3.8, 4) is 0 Å². The quantitative estimate of drug-likeness (QED) is 0.675. The number of carbonyl (C=O) groups is 2. The third kappa shape index (κ3) is 5.01. The zero-order valence-electron chi connectivity index (χ0n) is 12.1. The highest BCUT2D eigenvalue weighted by Gasteiger charge is 2.13. The van der Waals surface area contributed by atoms with Crippen LogP contribution in [-0.4, -0.2) is 25.4 Å². The summed E-state index contributed by atoms with van der Waals surface area (Å²) in [5, 5.41) is 0. The summed E-state index contributed by atoms with van der Waals surface area (Å²) in [6.45, 7) is 0.960. The number of rotatable bonds is 5. The van der Waals surface area contributed by atoms with E-state index in [2.05, 4.69) is 26.8 Å². The fraction of sp³-hybridized carbons (Fsp3) is 0.200. The zero-order chi connectivity index (χ0) is 15.9. The van der Waals surface area contributed by atoms with E-state index in [4.69, 9.17) is 4.42 Å². The summed E-state index contributed by atoms with van der Waals surface area (Å²) in [5.41, 5.74) is 5.81. The standard InChI is InChI=1S/C15H16BrN3O3/c1-19(9-11-4-6-12(16)7-5-11)10-14(20)17-18-15(21)13-3-2-8-22-13/h2-8H,9-10H2,1H3,(H,17,20)(H,18,21)/p+1. The molecule has 1 aromatic carbocycles. The molecular formula is C15H17BrN3O3+. The van der Waals surface area contributed by atoms with Crippen molar-refractivity contribution in [2.45, 2.75) is 6.54 Å². The Morgan fingerprint density at radius 1 is 1.18 bits per heavy atom. The molecule has 1 aromatic heterocycles. The first-order valence-corrected chi connectivity index (χ1v) is 7.52. The highest BCUT2D eigenvalue weighted by atomic mass is 79.9. The highest BCUT2D eigenvalue weighted by Crippen LogP contribution is 2.09. The summed E-state index contributed by atoms with van der Waals surface area (Å²) >= 11 is 3.38. The van der Waals surface area contributed by atoms with Crippen molar-refractivity contribution in [3.63, 3.8) is 0 Å². The van der Waals surface area contributed by atoms with Gasteiger partial charge in [0, 0.05) is 10.0 Å². The lowest BCUT2D eigenvalue weighted by Crippen LogP contribution is -3.09. The summed E-state index contributed by atoms with van der Waals surface area (Å²) in [4.78, 5) is 24.4. The third-order valence-electron chi connectivity index (χ3n) is 2.94. The number of carbonyl (C=O) groups excluding carboxylic acids is 2. The second-order valence-electron chi connectivity index (χ2n) is 4.92. The van der Waals surface area contributed by atoms with Gasteiger partial charge < -0.3 is 9.32 Å². The average molecular weight is 367 g/mol. The number of quaternary nitrogens is 1. The molecule has 2 amide bonds. The molecular weight excluding hydrogens is 350 g/mol. The van der Waals surface area contributed by atoms with Crippen LogP contribution in [0.1, 0.15) is 16.1 Å². The Morgan fingerprint density at radius 3 is 2.55 bits per heavy atom. The molecule has 2 aromatic rings. The molecule has 116 valence electrons. The lowest BCUT2D eigenvalue weighted by molar-refractivity contribution is -0.885. The van der Waals surface area contributed by atoms with Gasteiger partial charge in [-0.05, 0) is 24.3 Å². The van der Waals surface area contributed by atoms with Crippen LogP contribution in [0.15, 0.2) is 51.6 Å². The first-order valence-electron chi connectivity index (χ1n) is 6.73. The molecule has 0 aliphatic heterocycles. The molecule has 7 heteroatoms. The van der Waals surface area contributed by atoms with Gasteiger partial charge in [0.05, 0.1) is 13.3 Å². The van der Waals surface area contributed by atoms with Crippen LogP contribution in [-0.2, 0) is 11.3 Å². The van der Waals surface area contributed by atoms with E-state index in [1.807, 2.05) is 31.3 Å². The van der Waals surface area contributed by atoms with Gasteiger partial charge in [-0.25, -0.2) is 0 Å². The summed E-state index contributed by atoms with van der Waals surface area (Å²) in [6, 6.07) is 11.1. The average Bonchev–Trinajstić information content (AvgIpc) is 3.01. The fourth-order valence-electron chi connectivity index (χ4n) is 1.93. The van der Waals surface area contributed by atoms with Crippen LogP contribution in [0.2, 0.25) is 0 Å². The number of nitrogens with one attached hydrogen (secondary N) is 3. The normalized spacial score (nSPS) is 11.7. The predicted octanol–water partition coefficient (Wildman–Crippen LogP) is 0.518. The number of amides is 2. The van der Waals surface area contributed by atoms with Crippen LogP contribution >= 0.6 is 15.9 Å². The van der Waals surface area contributed by atoms with Crippen molar-refractivity contribution in [2.75, 3.05) is 13.6 Å². The lowest BCUT2D eigenvalue weighted by Gasteiger charge is -2.14. The molecule has 0 spiro atoms. The van der Waals surface area contributed by atoms with E-state index in [1.165, 1.54) is 12.3 Å². The minimum atomic E-state index is -0.482. The van der Waals surface area contributed by atoms with Crippen molar-refractivity contribution in [1.29, 1.82) is 0 Å². The van der Waals surface area contributed by atoms with Crippen LogP contribution in [0.5, 0.6) is 0 Å². The fourth-order valence-corrected chi connectivity index (χ4v) is 2.19. The maximum Gasteiger partial charge on any atom is 0.305 e. The maximum atomic E-state index is 11.8. The molecule has 3 N–H and O–H groups in total. The Bertz CT molecular complexity index is 626. The van der Waals surface area contributed by atoms with Gasteiger partial charge in [0.25, 0.3) is 5.91 Å². The van der Waals surface area contributed by atoms with Gasteiger partial charge in [-0.15, -0.1) is 0 Å². The molecule has 1 unspecified atom stereocenters. The van der Waals surface area contributed by atoms with Crippen molar-refractivity contribution >= 4 is 27.7 Å². The SMILES string of the molecule is C[NH+](CC(=O)NNC(=O)c1ccco1)Cc1ccc(Br)cc1. The molecule has 0 radical (unpaired) electrons. The smallest absolute Gasteiger partial charge is 0.305 e. The Morgan fingerprint density at radius 2 is 1.91 bits per heavy atom. The second-order valence-corrected chi connectivity index (χ2v) is 5.83. The van der Waals surface area contributed by atoms with Crippen LogP contribution in [0.25, 0.3) is 0 Å². The number of hydrazine groups is 1. The van der Waals surface area contributed by atoms with E-state index in [-0.39, 0.29) is 18.2 Å². The number of hydrogen-bond donors (Lipinski definition) is 3. The van der Waals surface area contributed by atoms with Crippen molar-refractivity contribution in [2.24, 2.45) is 0 Å². The monoisotopic (exact) mass is 366 g/mol. The first kappa shape index (κ1) is 16.3. The maximum absolute atomic E-state index is 11.8. The minimum Gasteiger partial charge on any atom is -0.459 e. The van der Waals surface area contributed by atoms with Gasteiger partial charge in [-0.3, -0.25) is 20.4 Å². The topological polar surface area (TPSA) is 75.8 Å². The molecule has 0 saturated carbocycles. The Labute approximate surface area is 136 Å². The summed E-state index contributed by atoms with van der Waals surface area (Å²) < 4.78 is 5.95. The van der Waals surface area contributed by atoms with Crippen LogP contribution in [0.3, 0.4) is 0 Å². The number of halogens is 1. The van der Waals surface area contributed by atoms with Crippen LogP contribution in [0.4, 0.5) is 0 Å². The second kappa shape index (κ2) is 7.77. The predicted molar refractivity (Wildman–Crippen MR) is 83.9 cm³/mol. The van der Waals surface area contributed by atoms with Crippen LogP contribution < -0.4 is 15.8 Å². The number of likely N-dealkylation sites (N-methyl/N-ethyl adjacent to an activating group) is 1. The molecule has 1 heterocycles. The molecule has 0 aliphatic carbocycles. The summed E-state index contributed by atoms with van der Waals surface area (Å²) in [7, 11) is 1.91. The zero-order valence-corrected chi connectivity index (χ0v) is 13.6. The molecule has 6 nitrogen and oxygen atoms in total. The van der Waals surface area contributed by atoms with E-state index in [0.717, 1.165) is 14.9 Å². The number of benzene rings is 1. The summed E-state index contributed by atoms with van der Waals surface area (Å²) in [6.07, 6.45) is 1.40. The van der Waals surface area contributed by atoms with Gasteiger partial charge in [0.2, 0.25) is 0 Å². The van der Waals surface area contributed by atoms with Gasteiger partial charge >= 0.3 is 5.91 Å². The molecule has 2 rings (SSSR count). The highest BCUT2D eigenvalue weighted by molar-refractivity contribution is 9.10. The number of hydrogen-bond acceptors (Lipinski definition) is 3. The van der Waals surface area contributed by atoms with E-state index in [9.17, 15) is 9.59 Å². The van der Waals surface area contributed by atoms with Crippen molar-refractivity contribution in [1.82, 2.24) is 10.9 Å². The number of furan rings is 1. The molecule has 0 saturated heterocycles. The minimum absolute atomic E-state index is 0.149. The summed E-state index contributed by atoms with van der Waals surface area (Å²) in [5.74, 6) is -0.603. The molecule has 0 fully saturated rings.